The lowest BCUT2D eigenvalue weighted by atomic mass is 9.86. The van der Waals surface area contributed by atoms with Crippen molar-refractivity contribution in [1.29, 1.82) is 0 Å². The van der Waals surface area contributed by atoms with Crippen LogP contribution in [0.25, 0.3) is 0 Å². The molecule has 2 aromatic carbocycles. The van der Waals surface area contributed by atoms with Gasteiger partial charge in [-0.05, 0) is 42.2 Å². The standard InChI is InChI=1S/C20H23BrN2O3/c1-13-5-8-15(9-6-13)26-12-18(24)22-23-19(25)14-7-10-16(17(21)11-14)20(2,3)4/h5-11H,12H2,1-4H3,(H,22,24)(H,23,25). The first-order chi connectivity index (χ1) is 12.2. The molecule has 0 atom stereocenters. The Kier molecular flexibility index (Phi) is 6.42. The van der Waals surface area contributed by atoms with E-state index in [4.69, 9.17) is 4.74 Å². The number of rotatable bonds is 4. The van der Waals surface area contributed by atoms with E-state index in [1.165, 1.54) is 0 Å². The second-order valence-electron chi connectivity index (χ2n) is 7.05. The van der Waals surface area contributed by atoms with E-state index in [9.17, 15) is 9.59 Å². The molecular formula is C20H23BrN2O3. The van der Waals surface area contributed by atoms with Crippen LogP contribution < -0.4 is 15.6 Å². The number of carbonyl (C=O) groups excluding carboxylic acids is 2. The van der Waals surface area contributed by atoms with E-state index in [0.717, 1.165) is 15.6 Å². The summed E-state index contributed by atoms with van der Waals surface area (Å²) in [7, 11) is 0. The fraction of sp³-hybridized carbons (Fsp3) is 0.300. The Balaban J connectivity index is 1.87. The first-order valence-electron chi connectivity index (χ1n) is 8.25. The average Bonchev–Trinajstić information content (AvgIpc) is 2.58. The van der Waals surface area contributed by atoms with Gasteiger partial charge in [-0.15, -0.1) is 0 Å². The molecule has 138 valence electrons. The molecule has 0 aromatic heterocycles. The molecule has 6 heteroatoms. The van der Waals surface area contributed by atoms with Crippen LogP contribution in [0.5, 0.6) is 5.75 Å². The average molecular weight is 419 g/mol. The third kappa shape index (κ3) is 5.59. The number of amides is 2. The van der Waals surface area contributed by atoms with Gasteiger partial charge in [0.1, 0.15) is 5.75 Å². The molecule has 0 heterocycles. The first kappa shape index (κ1) is 20.0. The maximum absolute atomic E-state index is 12.2. The van der Waals surface area contributed by atoms with Gasteiger partial charge < -0.3 is 4.74 Å². The number of nitrogens with one attached hydrogen (secondary N) is 2. The number of halogens is 1. The Hall–Kier alpha value is -2.34. The lowest BCUT2D eigenvalue weighted by Crippen LogP contribution is -2.43. The summed E-state index contributed by atoms with van der Waals surface area (Å²) in [6.07, 6.45) is 0. The second-order valence-corrected chi connectivity index (χ2v) is 7.90. The van der Waals surface area contributed by atoms with Crippen molar-refractivity contribution in [2.75, 3.05) is 6.61 Å². The summed E-state index contributed by atoms with van der Waals surface area (Å²) in [5.74, 6) is -0.238. The topological polar surface area (TPSA) is 67.4 Å². The zero-order valence-corrected chi connectivity index (χ0v) is 16.9. The van der Waals surface area contributed by atoms with Crippen molar-refractivity contribution in [3.05, 3.63) is 63.6 Å². The molecule has 0 fully saturated rings. The van der Waals surface area contributed by atoms with E-state index in [-0.39, 0.29) is 12.0 Å². The number of hydrogen-bond acceptors (Lipinski definition) is 3. The third-order valence-corrected chi connectivity index (χ3v) is 4.40. The Morgan fingerprint density at radius 3 is 2.27 bits per heavy atom. The molecule has 0 spiro atoms. The van der Waals surface area contributed by atoms with Crippen molar-refractivity contribution in [2.45, 2.75) is 33.1 Å². The van der Waals surface area contributed by atoms with Gasteiger partial charge >= 0.3 is 0 Å². The zero-order valence-electron chi connectivity index (χ0n) is 15.4. The highest BCUT2D eigenvalue weighted by atomic mass is 79.9. The maximum atomic E-state index is 12.2. The van der Waals surface area contributed by atoms with Crippen molar-refractivity contribution in [3.63, 3.8) is 0 Å². The highest BCUT2D eigenvalue weighted by Gasteiger charge is 2.18. The predicted octanol–water partition coefficient (Wildman–Crippen LogP) is 3.90. The molecule has 0 aliphatic heterocycles. The molecule has 0 aliphatic rings. The molecule has 0 radical (unpaired) electrons. The predicted molar refractivity (Wildman–Crippen MR) is 105 cm³/mol. The number of hydrazine groups is 1. The lowest BCUT2D eigenvalue weighted by Gasteiger charge is -2.21. The third-order valence-electron chi connectivity index (χ3n) is 3.75. The first-order valence-corrected chi connectivity index (χ1v) is 9.05. The molecule has 0 unspecified atom stereocenters. The maximum Gasteiger partial charge on any atom is 0.276 e. The molecule has 2 N–H and O–H groups in total. The minimum atomic E-state index is -0.440. The number of benzene rings is 2. The summed E-state index contributed by atoms with van der Waals surface area (Å²) in [5.41, 5.74) is 7.37. The van der Waals surface area contributed by atoms with Crippen molar-refractivity contribution in [3.8, 4) is 5.75 Å². The van der Waals surface area contributed by atoms with E-state index in [1.54, 1.807) is 24.3 Å². The second kappa shape index (κ2) is 8.36. The molecule has 2 amide bonds. The number of ether oxygens (including phenoxy) is 1. The molecular weight excluding hydrogens is 396 g/mol. The van der Waals surface area contributed by atoms with Crippen molar-refractivity contribution >= 4 is 27.7 Å². The van der Waals surface area contributed by atoms with Crippen LogP contribution in [-0.4, -0.2) is 18.4 Å². The van der Waals surface area contributed by atoms with Gasteiger partial charge in [0.25, 0.3) is 11.8 Å². The van der Waals surface area contributed by atoms with E-state index in [2.05, 4.69) is 47.6 Å². The summed E-state index contributed by atoms with van der Waals surface area (Å²) in [6.45, 7) is 8.08. The van der Waals surface area contributed by atoms with Gasteiger partial charge in [0.05, 0.1) is 0 Å². The van der Waals surface area contributed by atoms with Crippen LogP contribution in [0.2, 0.25) is 0 Å². The molecule has 26 heavy (non-hydrogen) atoms. The van der Waals surface area contributed by atoms with Crippen LogP contribution in [0, 0.1) is 6.92 Å². The largest absolute Gasteiger partial charge is 0.484 e. The van der Waals surface area contributed by atoms with Crippen molar-refractivity contribution in [1.82, 2.24) is 10.9 Å². The van der Waals surface area contributed by atoms with E-state index < -0.39 is 11.8 Å². The fourth-order valence-electron chi connectivity index (χ4n) is 2.28. The normalized spacial score (nSPS) is 11.0. The minimum absolute atomic E-state index is 0.0324. The van der Waals surface area contributed by atoms with Crippen molar-refractivity contribution in [2.24, 2.45) is 0 Å². The highest BCUT2D eigenvalue weighted by molar-refractivity contribution is 9.10. The van der Waals surface area contributed by atoms with Crippen molar-refractivity contribution < 1.29 is 14.3 Å². The van der Waals surface area contributed by atoms with E-state index in [1.807, 2.05) is 25.1 Å². The summed E-state index contributed by atoms with van der Waals surface area (Å²) in [6, 6.07) is 12.7. The lowest BCUT2D eigenvalue weighted by molar-refractivity contribution is -0.123. The van der Waals surface area contributed by atoms with E-state index >= 15 is 0 Å². The smallest absolute Gasteiger partial charge is 0.276 e. The monoisotopic (exact) mass is 418 g/mol. The van der Waals surface area contributed by atoms with Crippen LogP contribution in [0.15, 0.2) is 46.9 Å². The van der Waals surface area contributed by atoms with Gasteiger partial charge in [0, 0.05) is 10.0 Å². The zero-order chi connectivity index (χ0) is 19.3. The van der Waals surface area contributed by atoms with Crippen LogP contribution >= 0.6 is 15.9 Å². The Bertz CT molecular complexity index is 796. The molecule has 5 nitrogen and oxygen atoms in total. The Morgan fingerprint density at radius 1 is 1.04 bits per heavy atom. The molecule has 0 saturated carbocycles. The number of aryl methyl sites for hydroxylation is 1. The fourth-order valence-corrected chi connectivity index (χ4v) is 3.26. The minimum Gasteiger partial charge on any atom is -0.484 e. The summed E-state index contributed by atoms with van der Waals surface area (Å²) in [5, 5.41) is 0. The summed E-state index contributed by atoms with van der Waals surface area (Å²) in [4.78, 5) is 24.0. The molecule has 0 aliphatic carbocycles. The molecule has 2 aromatic rings. The van der Waals surface area contributed by atoms with Gasteiger partial charge in [-0.2, -0.15) is 0 Å². The highest BCUT2D eigenvalue weighted by Crippen LogP contribution is 2.30. The molecule has 0 saturated heterocycles. The van der Waals surface area contributed by atoms with Gasteiger partial charge in [-0.25, -0.2) is 0 Å². The molecule has 2 rings (SSSR count). The quantitative estimate of drug-likeness (QED) is 0.739. The van der Waals surface area contributed by atoms with Crippen LogP contribution in [-0.2, 0) is 10.2 Å². The Morgan fingerprint density at radius 2 is 1.69 bits per heavy atom. The number of hydrogen-bond donors (Lipinski definition) is 2. The van der Waals surface area contributed by atoms with E-state index in [0.29, 0.717) is 11.3 Å². The van der Waals surface area contributed by atoms with Gasteiger partial charge in [-0.3, -0.25) is 20.4 Å². The summed E-state index contributed by atoms with van der Waals surface area (Å²) >= 11 is 3.50. The van der Waals surface area contributed by atoms with Gasteiger partial charge in [-0.1, -0.05) is 60.5 Å². The van der Waals surface area contributed by atoms with Crippen LogP contribution in [0.3, 0.4) is 0 Å². The van der Waals surface area contributed by atoms with Gasteiger partial charge in [0.15, 0.2) is 6.61 Å². The van der Waals surface area contributed by atoms with Crippen LogP contribution in [0.1, 0.15) is 42.3 Å². The Labute approximate surface area is 162 Å². The SMILES string of the molecule is Cc1ccc(OCC(=O)NNC(=O)c2ccc(C(C)(C)C)c(Br)c2)cc1. The van der Waals surface area contributed by atoms with Gasteiger partial charge in [0.2, 0.25) is 0 Å². The number of carbonyl (C=O) groups is 2. The molecule has 0 bridgehead atoms. The van der Waals surface area contributed by atoms with Crippen LogP contribution in [0.4, 0.5) is 0 Å². The summed E-state index contributed by atoms with van der Waals surface area (Å²) < 4.78 is 6.22.